The van der Waals surface area contributed by atoms with Crippen LogP contribution in [0.25, 0.3) is 0 Å². The average molecular weight is 384 g/mol. The number of carbonyl (C=O) groups is 2. The Balaban J connectivity index is 1.68. The quantitative estimate of drug-likeness (QED) is 0.500. The molecule has 1 unspecified atom stereocenters. The van der Waals surface area contributed by atoms with E-state index in [4.69, 9.17) is 14.2 Å². The van der Waals surface area contributed by atoms with E-state index in [0.29, 0.717) is 11.1 Å². The third-order valence-corrected chi connectivity index (χ3v) is 4.61. The van der Waals surface area contributed by atoms with Crippen LogP contribution in [0.1, 0.15) is 49.9 Å². The van der Waals surface area contributed by atoms with E-state index in [2.05, 4.69) is 0 Å². The molecule has 2 rings (SSSR count). The Kier molecular flexibility index (Phi) is 7.76. The molecule has 5 heteroatoms. The summed E-state index contributed by atoms with van der Waals surface area (Å²) in [6, 6.07) is 10.9. The molecule has 5 nitrogen and oxygen atoms in total. The lowest BCUT2D eigenvalue weighted by atomic mass is 10.1. The van der Waals surface area contributed by atoms with E-state index < -0.39 is 6.10 Å². The van der Waals surface area contributed by atoms with E-state index in [9.17, 15) is 9.59 Å². The van der Waals surface area contributed by atoms with Crippen LogP contribution in [0.15, 0.2) is 36.4 Å². The Morgan fingerprint density at radius 2 is 1.32 bits per heavy atom. The fourth-order valence-electron chi connectivity index (χ4n) is 2.55. The topological polar surface area (TPSA) is 61.8 Å². The molecule has 2 aromatic rings. The molecule has 0 aliphatic rings. The number of carbonyl (C=O) groups excluding carboxylic acids is 2. The zero-order chi connectivity index (χ0) is 20.7. The number of rotatable bonds is 8. The number of benzene rings is 2. The van der Waals surface area contributed by atoms with Crippen molar-refractivity contribution < 1.29 is 23.8 Å². The summed E-state index contributed by atoms with van der Waals surface area (Å²) in [5.74, 6) is -0.749. The molecule has 0 aromatic heterocycles. The third kappa shape index (κ3) is 6.20. The van der Waals surface area contributed by atoms with E-state index in [0.717, 1.165) is 22.3 Å². The lowest BCUT2D eigenvalue weighted by molar-refractivity contribution is -0.00881. The molecule has 2 aromatic carbocycles. The molecule has 0 bridgehead atoms. The maximum atomic E-state index is 12.2. The summed E-state index contributed by atoms with van der Waals surface area (Å²) < 4.78 is 16.0. The van der Waals surface area contributed by atoms with Gasteiger partial charge in [-0.15, -0.1) is 0 Å². The van der Waals surface area contributed by atoms with Crippen molar-refractivity contribution in [3.05, 3.63) is 69.8 Å². The van der Waals surface area contributed by atoms with Crippen LogP contribution in [-0.4, -0.2) is 37.9 Å². The summed E-state index contributed by atoms with van der Waals surface area (Å²) in [6.07, 6.45) is -0.399. The summed E-state index contributed by atoms with van der Waals surface area (Å²) in [5.41, 5.74) is 5.40. The third-order valence-electron chi connectivity index (χ3n) is 4.61. The van der Waals surface area contributed by atoms with Crippen LogP contribution in [0, 0.1) is 27.7 Å². The van der Waals surface area contributed by atoms with Crippen molar-refractivity contribution in [1.29, 1.82) is 0 Å². The molecule has 0 saturated carbocycles. The smallest absolute Gasteiger partial charge is 0.338 e. The van der Waals surface area contributed by atoms with Crippen LogP contribution in [-0.2, 0) is 14.2 Å². The fraction of sp³-hybridized carbons (Fsp3) is 0.391. The van der Waals surface area contributed by atoms with Gasteiger partial charge in [0.05, 0.1) is 24.3 Å². The van der Waals surface area contributed by atoms with Crippen LogP contribution < -0.4 is 0 Å². The van der Waals surface area contributed by atoms with Crippen LogP contribution >= 0.6 is 0 Å². The van der Waals surface area contributed by atoms with Crippen molar-refractivity contribution in [3.8, 4) is 0 Å². The monoisotopic (exact) mass is 384 g/mol. The average Bonchev–Trinajstić information content (AvgIpc) is 2.65. The molecular weight excluding hydrogens is 356 g/mol. The van der Waals surface area contributed by atoms with E-state index in [-0.39, 0.29) is 31.8 Å². The Bertz CT molecular complexity index is 841. The molecule has 0 heterocycles. The van der Waals surface area contributed by atoms with Gasteiger partial charge in [-0.3, -0.25) is 0 Å². The number of aryl methyl sites for hydroxylation is 4. The number of hydrogen-bond acceptors (Lipinski definition) is 5. The molecule has 28 heavy (non-hydrogen) atoms. The normalized spacial score (nSPS) is 11.8. The summed E-state index contributed by atoms with van der Waals surface area (Å²) in [5, 5.41) is 0. The Labute approximate surface area is 166 Å². The van der Waals surface area contributed by atoms with Crippen molar-refractivity contribution in [2.45, 2.75) is 40.7 Å². The summed E-state index contributed by atoms with van der Waals surface area (Å²) in [7, 11) is 0. The predicted octanol–water partition coefficient (Wildman–Crippen LogP) is 4.34. The molecule has 0 spiro atoms. The van der Waals surface area contributed by atoms with Crippen molar-refractivity contribution >= 4 is 11.9 Å². The second kappa shape index (κ2) is 10.0. The highest BCUT2D eigenvalue weighted by molar-refractivity contribution is 5.90. The summed E-state index contributed by atoms with van der Waals surface area (Å²) >= 11 is 0. The van der Waals surface area contributed by atoms with Gasteiger partial charge in [-0.05, 0) is 81.1 Å². The molecule has 0 fully saturated rings. The first-order valence-corrected chi connectivity index (χ1v) is 9.38. The Hall–Kier alpha value is -2.66. The zero-order valence-corrected chi connectivity index (χ0v) is 17.2. The van der Waals surface area contributed by atoms with E-state index in [1.165, 1.54) is 0 Å². The van der Waals surface area contributed by atoms with Crippen molar-refractivity contribution in [2.24, 2.45) is 0 Å². The molecular formula is C23H28O5. The maximum Gasteiger partial charge on any atom is 0.338 e. The zero-order valence-electron chi connectivity index (χ0n) is 17.2. The van der Waals surface area contributed by atoms with E-state index in [1.807, 2.05) is 52.0 Å². The first-order valence-electron chi connectivity index (χ1n) is 9.38. The second-order valence-electron chi connectivity index (χ2n) is 7.02. The molecule has 1 atom stereocenters. The van der Waals surface area contributed by atoms with Gasteiger partial charge < -0.3 is 14.2 Å². The SMILES string of the molecule is Cc1ccc(C(=O)OCCOCC(C)OC(=O)c2ccc(C)c(C)c2)cc1C. The van der Waals surface area contributed by atoms with Crippen molar-refractivity contribution in [2.75, 3.05) is 19.8 Å². The van der Waals surface area contributed by atoms with E-state index in [1.54, 1.807) is 19.1 Å². The first-order chi connectivity index (χ1) is 13.3. The highest BCUT2D eigenvalue weighted by Gasteiger charge is 2.13. The number of ether oxygens (including phenoxy) is 3. The van der Waals surface area contributed by atoms with Crippen molar-refractivity contribution in [3.63, 3.8) is 0 Å². The van der Waals surface area contributed by atoms with Crippen LogP contribution in [0.4, 0.5) is 0 Å². The lowest BCUT2D eigenvalue weighted by Crippen LogP contribution is -2.22. The van der Waals surface area contributed by atoms with Gasteiger partial charge in [-0.1, -0.05) is 12.1 Å². The molecule has 0 amide bonds. The highest BCUT2D eigenvalue weighted by atomic mass is 16.6. The standard InChI is InChI=1S/C23H28O5/c1-15-6-8-20(12-17(15)3)22(24)27-11-10-26-14-19(5)28-23(25)21-9-7-16(2)18(4)13-21/h6-9,12-13,19H,10-11,14H2,1-5H3. The maximum absolute atomic E-state index is 12.2. The van der Waals surface area contributed by atoms with Gasteiger partial charge in [0.25, 0.3) is 0 Å². The molecule has 0 saturated heterocycles. The highest BCUT2D eigenvalue weighted by Crippen LogP contribution is 2.12. The minimum absolute atomic E-state index is 0.142. The second-order valence-corrected chi connectivity index (χ2v) is 7.02. The molecule has 0 radical (unpaired) electrons. The van der Waals surface area contributed by atoms with E-state index >= 15 is 0 Å². The van der Waals surface area contributed by atoms with Gasteiger partial charge in [0.2, 0.25) is 0 Å². The van der Waals surface area contributed by atoms with Crippen LogP contribution in [0.5, 0.6) is 0 Å². The predicted molar refractivity (Wildman–Crippen MR) is 108 cm³/mol. The lowest BCUT2D eigenvalue weighted by Gasteiger charge is -2.14. The summed E-state index contributed by atoms with van der Waals surface area (Å²) in [4.78, 5) is 24.2. The minimum Gasteiger partial charge on any atom is -0.460 e. The molecule has 0 aliphatic heterocycles. The first kappa shape index (κ1) is 21.6. The largest absolute Gasteiger partial charge is 0.460 e. The Morgan fingerprint density at radius 3 is 1.86 bits per heavy atom. The van der Waals surface area contributed by atoms with Crippen LogP contribution in [0.2, 0.25) is 0 Å². The van der Waals surface area contributed by atoms with Gasteiger partial charge in [-0.2, -0.15) is 0 Å². The van der Waals surface area contributed by atoms with Crippen LogP contribution in [0.3, 0.4) is 0 Å². The molecule has 0 N–H and O–H groups in total. The summed E-state index contributed by atoms with van der Waals surface area (Å²) in [6.45, 7) is 10.3. The fourth-order valence-corrected chi connectivity index (χ4v) is 2.55. The van der Waals surface area contributed by atoms with Gasteiger partial charge in [0.15, 0.2) is 0 Å². The Morgan fingerprint density at radius 1 is 0.786 bits per heavy atom. The van der Waals surface area contributed by atoms with Gasteiger partial charge in [0, 0.05) is 0 Å². The number of esters is 2. The van der Waals surface area contributed by atoms with Gasteiger partial charge in [0.1, 0.15) is 12.7 Å². The van der Waals surface area contributed by atoms with Crippen molar-refractivity contribution in [1.82, 2.24) is 0 Å². The van der Waals surface area contributed by atoms with Gasteiger partial charge >= 0.3 is 11.9 Å². The van der Waals surface area contributed by atoms with Gasteiger partial charge in [-0.25, -0.2) is 9.59 Å². The number of hydrogen-bond donors (Lipinski definition) is 0. The molecule has 0 aliphatic carbocycles. The minimum atomic E-state index is -0.399. The molecule has 150 valence electrons.